The first-order chi connectivity index (χ1) is 5.90. The predicted molar refractivity (Wildman–Crippen MR) is 43.8 cm³/mol. The van der Waals surface area contributed by atoms with Crippen molar-refractivity contribution in [3.8, 4) is 0 Å². The number of nitrogens with one attached hydrogen (secondary N) is 1. The van der Waals surface area contributed by atoms with E-state index < -0.39 is 0 Å². The number of anilines is 1. The van der Waals surface area contributed by atoms with E-state index in [4.69, 9.17) is 10.3 Å². The molecule has 1 saturated carbocycles. The molecule has 0 aliphatic heterocycles. The van der Waals surface area contributed by atoms with Crippen LogP contribution in [0.4, 0.5) is 5.95 Å². The first kappa shape index (κ1) is 7.54. The zero-order valence-corrected chi connectivity index (χ0v) is 6.79. The summed E-state index contributed by atoms with van der Waals surface area (Å²) in [6.07, 6.45) is 2.36. The molecule has 0 amide bonds. The molecule has 0 radical (unpaired) electrons. The number of nitrogens with zero attached hydrogens (tertiary/aromatic N) is 2. The minimum absolute atomic E-state index is 0.519. The average molecular weight is 168 g/mol. The topological polar surface area (TPSA) is 77.0 Å². The highest BCUT2D eigenvalue weighted by atomic mass is 16.5. The van der Waals surface area contributed by atoms with Crippen LogP contribution in [0.1, 0.15) is 24.7 Å². The van der Waals surface area contributed by atoms with Gasteiger partial charge in [-0.2, -0.15) is 4.98 Å². The van der Waals surface area contributed by atoms with Crippen molar-refractivity contribution < 1.29 is 4.52 Å². The Morgan fingerprint density at radius 2 is 2.42 bits per heavy atom. The number of rotatable bonds is 4. The van der Waals surface area contributed by atoms with Crippen LogP contribution >= 0.6 is 0 Å². The number of nitrogens with two attached hydrogens (primary N) is 1. The van der Waals surface area contributed by atoms with E-state index in [1.54, 1.807) is 0 Å². The molecule has 5 heteroatoms. The highest BCUT2D eigenvalue weighted by molar-refractivity contribution is 5.22. The van der Waals surface area contributed by atoms with Gasteiger partial charge in [0.05, 0.1) is 0 Å². The van der Waals surface area contributed by atoms with Gasteiger partial charge in [0.2, 0.25) is 5.89 Å². The van der Waals surface area contributed by atoms with Gasteiger partial charge < -0.3 is 15.6 Å². The molecule has 1 heterocycles. The summed E-state index contributed by atoms with van der Waals surface area (Å²) in [6.45, 7) is 1.26. The smallest absolute Gasteiger partial charge is 0.263 e. The largest absolute Gasteiger partial charge is 0.350 e. The highest BCUT2D eigenvalue weighted by Gasteiger charge is 2.29. The maximum absolute atomic E-state index is 5.31. The van der Waals surface area contributed by atoms with Crippen LogP contribution in [0.5, 0.6) is 0 Å². The van der Waals surface area contributed by atoms with Gasteiger partial charge in [-0.05, 0) is 18.0 Å². The van der Waals surface area contributed by atoms with Crippen LogP contribution < -0.4 is 11.1 Å². The minimum Gasteiger partial charge on any atom is -0.350 e. The van der Waals surface area contributed by atoms with Gasteiger partial charge in [0.25, 0.3) is 5.95 Å². The monoisotopic (exact) mass is 168 g/mol. The quantitative estimate of drug-likeness (QED) is 0.677. The molecule has 0 aromatic carbocycles. The van der Waals surface area contributed by atoms with Crippen molar-refractivity contribution in [3.63, 3.8) is 0 Å². The third-order valence-corrected chi connectivity index (χ3v) is 1.80. The molecule has 5 nitrogen and oxygen atoms in total. The molecule has 1 aliphatic carbocycles. The van der Waals surface area contributed by atoms with Crippen LogP contribution in [0.25, 0.3) is 0 Å². The summed E-state index contributed by atoms with van der Waals surface area (Å²) >= 11 is 0. The van der Waals surface area contributed by atoms with Crippen molar-refractivity contribution in [2.75, 3.05) is 18.4 Å². The van der Waals surface area contributed by atoms with Gasteiger partial charge in [-0.3, -0.25) is 0 Å². The van der Waals surface area contributed by atoms with E-state index in [-0.39, 0.29) is 0 Å². The van der Waals surface area contributed by atoms with Crippen LogP contribution in [0.2, 0.25) is 0 Å². The summed E-state index contributed by atoms with van der Waals surface area (Å²) in [5.74, 6) is 1.84. The molecule has 66 valence electrons. The zero-order valence-electron chi connectivity index (χ0n) is 6.79. The molecule has 0 bridgehead atoms. The summed E-state index contributed by atoms with van der Waals surface area (Å²) in [4.78, 5) is 4.17. The second-order valence-corrected chi connectivity index (χ2v) is 2.95. The molecule has 12 heavy (non-hydrogen) atoms. The Hall–Kier alpha value is -1.10. The van der Waals surface area contributed by atoms with Crippen molar-refractivity contribution in [2.45, 2.75) is 18.8 Å². The average Bonchev–Trinajstić information content (AvgIpc) is 2.83. The fourth-order valence-electron chi connectivity index (χ4n) is 0.987. The zero-order chi connectivity index (χ0) is 8.39. The Bertz CT molecular complexity index is 256. The van der Waals surface area contributed by atoms with Gasteiger partial charge in [0, 0.05) is 19.0 Å². The predicted octanol–water partition coefficient (Wildman–Crippen LogP) is 0.318. The van der Waals surface area contributed by atoms with E-state index >= 15 is 0 Å². The lowest BCUT2D eigenvalue weighted by atomic mass is 10.4. The number of aromatic nitrogens is 2. The molecule has 1 aromatic rings. The third-order valence-electron chi connectivity index (χ3n) is 1.80. The highest BCUT2D eigenvalue weighted by Crippen LogP contribution is 2.39. The lowest BCUT2D eigenvalue weighted by Crippen LogP contribution is -2.13. The number of hydrogen-bond donors (Lipinski definition) is 2. The van der Waals surface area contributed by atoms with E-state index in [0.717, 1.165) is 5.89 Å². The van der Waals surface area contributed by atoms with E-state index in [0.29, 0.717) is 25.0 Å². The molecule has 1 fully saturated rings. The van der Waals surface area contributed by atoms with Gasteiger partial charge >= 0.3 is 0 Å². The van der Waals surface area contributed by atoms with Crippen LogP contribution in [0.15, 0.2) is 4.52 Å². The second kappa shape index (κ2) is 3.10. The van der Waals surface area contributed by atoms with E-state index in [2.05, 4.69) is 15.5 Å². The maximum Gasteiger partial charge on any atom is 0.263 e. The van der Waals surface area contributed by atoms with E-state index in [9.17, 15) is 0 Å². The van der Waals surface area contributed by atoms with Crippen LogP contribution in [0.3, 0.4) is 0 Å². The molecule has 0 unspecified atom stereocenters. The molecule has 0 spiro atoms. The van der Waals surface area contributed by atoms with E-state index in [1.165, 1.54) is 12.8 Å². The Morgan fingerprint density at radius 3 is 3.08 bits per heavy atom. The SMILES string of the molecule is NCCNc1noc(C2CC2)n1. The van der Waals surface area contributed by atoms with Crippen molar-refractivity contribution in [3.05, 3.63) is 5.89 Å². The Kier molecular flexibility index (Phi) is 1.95. The van der Waals surface area contributed by atoms with Gasteiger partial charge in [-0.1, -0.05) is 0 Å². The fourth-order valence-corrected chi connectivity index (χ4v) is 0.987. The molecule has 1 aromatic heterocycles. The maximum atomic E-state index is 5.31. The summed E-state index contributed by atoms with van der Waals surface area (Å²) in [5.41, 5.74) is 5.31. The molecule has 0 atom stereocenters. The summed E-state index contributed by atoms with van der Waals surface area (Å²) in [7, 11) is 0. The lowest BCUT2D eigenvalue weighted by molar-refractivity contribution is 0.380. The Balaban J connectivity index is 1.93. The normalized spacial score (nSPS) is 16.4. The van der Waals surface area contributed by atoms with Crippen molar-refractivity contribution in [1.82, 2.24) is 10.1 Å². The molecular formula is C7H12N4O. The summed E-state index contributed by atoms with van der Waals surface area (Å²) in [6, 6.07) is 0. The van der Waals surface area contributed by atoms with E-state index in [1.807, 2.05) is 0 Å². The standard InChI is InChI=1S/C7H12N4O/c8-3-4-9-7-10-6(12-11-7)5-1-2-5/h5H,1-4,8H2,(H,9,11). The van der Waals surface area contributed by atoms with Crippen LogP contribution in [-0.2, 0) is 0 Å². The molecule has 1 aliphatic rings. The molecule has 3 N–H and O–H groups in total. The van der Waals surface area contributed by atoms with Crippen LogP contribution in [-0.4, -0.2) is 23.2 Å². The van der Waals surface area contributed by atoms with Crippen molar-refractivity contribution in [1.29, 1.82) is 0 Å². The summed E-state index contributed by atoms with van der Waals surface area (Å²) < 4.78 is 5.02. The van der Waals surface area contributed by atoms with Gasteiger partial charge in [-0.25, -0.2) is 0 Å². The lowest BCUT2D eigenvalue weighted by Gasteiger charge is -1.93. The summed E-state index contributed by atoms with van der Waals surface area (Å²) in [5, 5.41) is 6.72. The number of hydrogen-bond acceptors (Lipinski definition) is 5. The van der Waals surface area contributed by atoms with Crippen molar-refractivity contribution >= 4 is 5.95 Å². The van der Waals surface area contributed by atoms with Crippen molar-refractivity contribution in [2.24, 2.45) is 5.73 Å². The van der Waals surface area contributed by atoms with Gasteiger partial charge in [-0.15, -0.1) is 0 Å². The minimum atomic E-state index is 0.519. The molecule has 2 rings (SSSR count). The third kappa shape index (κ3) is 1.55. The molecule has 0 saturated heterocycles. The van der Waals surface area contributed by atoms with Gasteiger partial charge in [0.1, 0.15) is 0 Å². The first-order valence-electron chi connectivity index (χ1n) is 4.17. The van der Waals surface area contributed by atoms with Gasteiger partial charge in [0.15, 0.2) is 0 Å². The fraction of sp³-hybridized carbons (Fsp3) is 0.714. The second-order valence-electron chi connectivity index (χ2n) is 2.95. The van der Waals surface area contributed by atoms with Crippen LogP contribution in [0, 0.1) is 0 Å². The Morgan fingerprint density at radius 1 is 1.58 bits per heavy atom. The molecular weight excluding hydrogens is 156 g/mol. The Labute approximate surface area is 70.3 Å². The first-order valence-corrected chi connectivity index (χ1v) is 4.17.